The zero-order valence-electron chi connectivity index (χ0n) is 8.27. The molecule has 0 aliphatic heterocycles. The lowest BCUT2D eigenvalue weighted by molar-refractivity contribution is 0.580. The first-order valence-corrected chi connectivity index (χ1v) is 5.85. The van der Waals surface area contributed by atoms with Crippen molar-refractivity contribution in [2.45, 2.75) is 0 Å². The van der Waals surface area contributed by atoms with Crippen molar-refractivity contribution in [2.75, 3.05) is 0 Å². The van der Waals surface area contributed by atoms with Crippen molar-refractivity contribution in [3.8, 4) is 0 Å². The molecule has 0 aliphatic carbocycles. The van der Waals surface area contributed by atoms with Crippen molar-refractivity contribution >= 4 is 30.2 Å². The van der Waals surface area contributed by atoms with Gasteiger partial charge in [-0.05, 0) is 22.8 Å². The monoisotopic (exact) mass is 243 g/mol. The molecular formula is C9H9ClN2O2P+. The Morgan fingerprint density at radius 1 is 1.27 bits per heavy atom. The number of rotatable bonds is 0. The van der Waals surface area contributed by atoms with E-state index in [4.69, 9.17) is 11.6 Å². The maximum atomic E-state index is 11.8. The van der Waals surface area contributed by atoms with Crippen LogP contribution in [0.1, 0.15) is 0 Å². The molecule has 1 unspecified atom stereocenters. The number of hydrogen-bond donors (Lipinski definition) is 0. The van der Waals surface area contributed by atoms with Crippen molar-refractivity contribution in [3.05, 3.63) is 33.6 Å². The average molecular weight is 244 g/mol. The van der Waals surface area contributed by atoms with E-state index in [2.05, 4.69) is 0 Å². The summed E-state index contributed by atoms with van der Waals surface area (Å²) in [4.78, 5) is 11.8. The topological polar surface area (TPSA) is 44.0 Å². The molecule has 2 rings (SSSR count). The molecule has 0 N–H and O–H groups in total. The third kappa shape index (κ3) is 1.50. The van der Waals surface area contributed by atoms with Crippen molar-refractivity contribution < 1.29 is 4.57 Å². The maximum Gasteiger partial charge on any atom is 0.598 e. The average Bonchev–Trinajstić information content (AvgIpc) is 2.23. The van der Waals surface area contributed by atoms with Gasteiger partial charge in [0, 0.05) is 5.02 Å². The zero-order chi connectivity index (χ0) is 11.2. The number of hydrogen-bond acceptors (Lipinski definition) is 2. The molecule has 0 fully saturated rings. The fourth-order valence-corrected chi connectivity index (χ4v) is 2.68. The van der Waals surface area contributed by atoms with Crippen molar-refractivity contribution in [3.63, 3.8) is 0 Å². The van der Waals surface area contributed by atoms with Gasteiger partial charge in [0.25, 0.3) is 5.56 Å². The highest BCUT2D eigenvalue weighted by Gasteiger charge is 2.16. The van der Waals surface area contributed by atoms with Crippen LogP contribution >= 0.6 is 19.3 Å². The molecule has 15 heavy (non-hydrogen) atoms. The molecule has 0 radical (unpaired) electrons. The highest BCUT2D eigenvalue weighted by atomic mass is 35.5. The second-order valence-corrected chi connectivity index (χ2v) is 5.41. The molecule has 0 spiro atoms. The summed E-state index contributed by atoms with van der Waals surface area (Å²) in [5.74, 6) is 0. The van der Waals surface area contributed by atoms with E-state index >= 15 is 0 Å². The Morgan fingerprint density at radius 2 is 1.93 bits per heavy atom. The van der Waals surface area contributed by atoms with Crippen LogP contribution < -0.4 is 5.56 Å². The quantitative estimate of drug-likeness (QED) is 0.712. The number of halogens is 1. The van der Waals surface area contributed by atoms with E-state index in [1.54, 1.807) is 29.6 Å². The molecule has 1 aromatic heterocycles. The van der Waals surface area contributed by atoms with Gasteiger partial charge in [-0.3, -0.25) is 4.79 Å². The third-order valence-electron chi connectivity index (χ3n) is 2.35. The van der Waals surface area contributed by atoms with Crippen LogP contribution in [-0.4, -0.2) is 8.66 Å². The van der Waals surface area contributed by atoms with E-state index in [-0.39, 0.29) is 5.56 Å². The minimum Gasteiger partial charge on any atom is -0.265 e. The molecule has 1 heterocycles. The Kier molecular flexibility index (Phi) is 2.41. The minimum atomic E-state index is -1.84. The van der Waals surface area contributed by atoms with Crippen LogP contribution in [0.3, 0.4) is 0 Å². The predicted molar refractivity (Wildman–Crippen MR) is 60.8 cm³/mol. The van der Waals surface area contributed by atoms with Gasteiger partial charge in [0.1, 0.15) is 0 Å². The van der Waals surface area contributed by atoms with Crippen LogP contribution in [-0.2, 0) is 18.7 Å². The van der Waals surface area contributed by atoms with Gasteiger partial charge in [0.15, 0.2) is 0 Å². The molecule has 78 valence electrons. The van der Waals surface area contributed by atoms with Gasteiger partial charge in [-0.1, -0.05) is 11.6 Å². The van der Waals surface area contributed by atoms with Crippen LogP contribution in [0.2, 0.25) is 5.02 Å². The fraction of sp³-hybridized carbons (Fsp3) is 0.222. The lowest BCUT2D eigenvalue weighted by Crippen LogP contribution is -2.16. The molecule has 0 saturated heterocycles. The van der Waals surface area contributed by atoms with E-state index in [1.165, 1.54) is 11.4 Å². The van der Waals surface area contributed by atoms with Crippen molar-refractivity contribution in [1.29, 1.82) is 0 Å². The van der Waals surface area contributed by atoms with Crippen molar-refractivity contribution in [2.24, 2.45) is 14.1 Å². The Morgan fingerprint density at radius 3 is 2.60 bits per heavy atom. The van der Waals surface area contributed by atoms with Gasteiger partial charge in [0.2, 0.25) is 0 Å². The summed E-state index contributed by atoms with van der Waals surface area (Å²) in [6, 6.07) is 4.95. The van der Waals surface area contributed by atoms with Crippen LogP contribution in [0.5, 0.6) is 0 Å². The summed E-state index contributed by atoms with van der Waals surface area (Å²) in [6.07, 6.45) is 0. The maximum absolute atomic E-state index is 11.8. The zero-order valence-corrected chi connectivity index (χ0v) is 9.92. The standard InChI is InChI=1S/C9H9ClN2O2P/c1-11-8-5-6(10)3-4-7(8)9(13)12(2)15(11)14/h3-5H,1-2H3/q+1. The highest BCUT2D eigenvalue weighted by molar-refractivity contribution is 7.28. The fourth-order valence-electron chi connectivity index (χ4n) is 1.50. The summed E-state index contributed by atoms with van der Waals surface area (Å²) in [5.41, 5.74) is 0.382. The van der Waals surface area contributed by atoms with E-state index < -0.39 is 7.73 Å². The Balaban J connectivity index is 3.15. The van der Waals surface area contributed by atoms with Gasteiger partial charge >= 0.3 is 7.73 Å². The molecule has 1 atom stereocenters. The second-order valence-electron chi connectivity index (χ2n) is 3.27. The number of aromatic nitrogens is 2. The normalized spacial score (nSPS) is 12.1. The van der Waals surface area contributed by atoms with Gasteiger partial charge in [-0.25, -0.2) is 0 Å². The van der Waals surface area contributed by atoms with Crippen LogP contribution in [0.15, 0.2) is 23.0 Å². The number of benzene rings is 1. The summed E-state index contributed by atoms with van der Waals surface area (Å²) >= 11 is 5.83. The van der Waals surface area contributed by atoms with Crippen LogP contribution in [0, 0.1) is 0 Å². The predicted octanol–water partition coefficient (Wildman–Crippen LogP) is 2.27. The lowest BCUT2D eigenvalue weighted by atomic mass is 10.2. The van der Waals surface area contributed by atoms with E-state index in [1.807, 2.05) is 0 Å². The first-order valence-electron chi connectivity index (χ1n) is 4.31. The van der Waals surface area contributed by atoms with Gasteiger partial charge in [0.05, 0.1) is 25.0 Å². The summed E-state index contributed by atoms with van der Waals surface area (Å²) in [7, 11) is 1.36. The molecule has 0 aliphatic rings. The van der Waals surface area contributed by atoms with Crippen LogP contribution in [0.4, 0.5) is 0 Å². The lowest BCUT2D eigenvalue weighted by Gasteiger charge is -1.99. The van der Waals surface area contributed by atoms with Gasteiger partial charge < -0.3 is 0 Å². The molecule has 4 nitrogen and oxygen atoms in total. The molecule has 1 aromatic carbocycles. The third-order valence-corrected chi connectivity index (χ3v) is 4.00. The Labute approximate surface area is 91.6 Å². The minimum absolute atomic E-state index is 0.235. The van der Waals surface area contributed by atoms with Gasteiger partial charge in [-0.2, -0.15) is 0 Å². The first-order chi connectivity index (χ1) is 7.02. The number of nitrogens with zero attached hydrogens (tertiary/aromatic N) is 2. The van der Waals surface area contributed by atoms with E-state index in [0.29, 0.717) is 15.9 Å². The van der Waals surface area contributed by atoms with Gasteiger partial charge in [-0.15, -0.1) is 8.66 Å². The highest BCUT2D eigenvalue weighted by Crippen LogP contribution is 2.20. The largest absolute Gasteiger partial charge is 0.598 e. The Bertz CT molecular complexity index is 659. The molecule has 6 heteroatoms. The smallest absolute Gasteiger partial charge is 0.265 e. The van der Waals surface area contributed by atoms with Crippen LogP contribution in [0.25, 0.3) is 10.9 Å². The molecule has 2 aromatic rings. The molecular weight excluding hydrogens is 235 g/mol. The molecule has 0 bridgehead atoms. The summed E-state index contributed by atoms with van der Waals surface area (Å²) in [5, 5.41) is 1.06. The van der Waals surface area contributed by atoms with Crippen molar-refractivity contribution in [1.82, 2.24) is 8.66 Å². The summed E-state index contributed by atoms with van der Waals surface area (Å²) < 4.78 is 14.5. The summed E-state index contributed by atoms with van der Waals surface area (Å²) in [6.45, 7) is 0. The first kappa shape index (κ1) is 10.4. The Hall–Kier alpha value is -1.12. The number of fused-ring (bicyclic) bond motifs is 1. The molecule has 0 saturated carbocycles. The van der Waals surface area contributed by atoms with E-state index in [0.717, 1.165) is 0 Å². The second kappa shape index (κ2) is 3.47. The number of aryl methyl sites for hydroxylation is 1. The molecule has 0 amide bonds. The SMILES string of the molecule is Cn1c(=O)c2ccc(Cl)cc2n(C)[p+]1=O. The van der Waals surface area contributed by atoms with E-state index in [9.17, 15) is 9.36 Å².